The van der Waals surface area contributed by atoms with Gasteiger partial charge in [-0.15, -0.1) is 0 Å². The first-order valence-corrected chi connectivity index (χ1v) is 9.79. The van der Waals surface area contributed by atoms with Gasteiger partial charge in [0.15, 0.2) is 11.7 Å². The van der Waals surface area contributed by atoms with Crippen LogP contribution in [0.1, 0.15) is 22.3 Å². The molecular weight excluding hydrogens is 606 g/mol. The minimum atomic E-state index is -8.00. The van der Waals surface area contributed by atoms with E-state index in [2.05, 4.69) is 0 Å². The smallest absolute Gasteiger partial charge is 0.200 e. The average Bonchev–Trinajstić information content (AvgIpc) is 2.87. The van der Waals surface area contributed by atoms with Crippen molar-refractivity contribution in [2.75, 3.05) is 0 Å². The van der Waals surface area contributed by atoms with Gasteiger partial charge in [0, 0.05) is 22.3 Å². The van der Waals surface area contributed by atoms with Gasteiger partial charge in [-0.25, -0.2) is 8.78 Å². The van der Waals surface area contributed by atoms with Crippen LogP contribution in [-0.2, 0) is 11.8 Å². The second-order valence-electron chi connectivity index (χ2n) is 7.75. The van der Waals surface area contributed by atoms with Crippen LogP contribution in [0.25, 0.3) is 11.7 Å². The van der Waals surface area contributed by atoms with Crippen LogP contribution < -0.4 is 0 Å². The van der Waals surface area contributed by atoms with Gasteiger partial charge in [-0.05, 0) is 0 Å². The van der Waals surface area contributed by atoms with Crippen LogP contribution >= 0.6 is 0 Å². The monoisotopic (exact) mass is 614 g/mol. The molecular formula is C22H8F18. The molecule has 0 aromatic heterocycles. The Labute approximate surface area is 210 Å². The first kappa shape index (κ1) is 32.9. The Kier molecular flexibility index (Phi) is 8.42. The summed E-state index contributed by atoms with van der Waals surface area (Å²) in [4.78, 5) is 0. The van der Waals surface area contributed by atoms with E-state index in [1.54, 1.807) is 0 Å². The molecule has 2 rings (SSSR count). The molecule has 0 saturated carbocycles. The third kappa shape index (κ3) is 4.88. The lowest BCUT2D eigenvalue weighted by Gasteiger charge is -2.41. The molecule has 0 N–H and O–H groups in total. The molecule has 0 bridgehead atoms. The summed E-state index contributed by atoms with van der Waals surface area (Å²) >= 11 is 0. The van der Waals surface area contributed by atoms with Gasteiger partial charge in [0.1, 0.15) is 0 Å². The summed E-state index contributed by atoms with van der Waals surface area (Å²) < 4.78 is 246. The maximum Gasteiger partial charge on any atom is 0.385 e. The molecule has 0 spiro atoms. The predicted octanol–water partition coefficient (Wildman–Crippen LogP) is 10.2. The molecule has 0 fully saturated rings. The SMILES string of the molecule is FC(F)=C(F)c1ccc(C(F)(F)C(F)(F)C(F)(F)C(F)(F)C(F)(F)C(F)(F)c2ccc(C(F)=C(F)F)cc2)cc1. The highest BCUT2D eigenvalue weighted by atomic mass is 19.4. The highest BCUT2D eigenvalue weighted by Crippen LogP contribution is 2.63. The molecule has 0 aliphatic carbocycles. The maximum absolute atomic E-state index is 14.3. The molecule has 0 unspecified atom stereocenters. The number of halogens is 18. The molecule has 0 aliphatic rings. The first-order chi connectivity index (χ1) is 17.9. The van der Waals surface area contributed by atoms with Gasteiger partial charge < -0.3 is 0 Å². The fourth-order valence-electron chi connectivity index (χ4n) is 3.02. The zero-order valence-corrected chi connectivity index (χ0v) is 18.4. The maximum atomic E-state index is 14.3. The lowest BCUT2D eigenvalue weighted by molar-refractivity contribution is -0.429. The number of alkyl halides is 12. The normalized spacial score (nSPS) is 13.8. The highest BCUT2D eigenvalue weighted by Gasteiger charge is 2.90. The Bertz CT molecular complexity index is 1180. The van der Waals surface area contributed by atoms with E-state index < -0.39 is 106 Å². The quantitative estimate of drug-likeness (QED) is 0.247. The second-order valence-corrected chi connectivity index (χ2v) is 7.75. The van der Waals surface area contributed by atoms with Crippen molar-refractivity contribution in [1.82, 2.24) is 0 Å². The summed E-state index contributed by atoms with van der Waals surface area (Å²) in [5.74, 6) is -49.2. The topological polar surface area (TPSA) is 0 Å². The van der Waals surface area contributed by atoms with Crippen molar-refractivity contribution < 1.29 is 79.0 Å². The Morgan fingerprint density at radius 1 is 0.350 bits per heavy atom. The van der Waals surface area contributed by atoms with Crippen LogP contribution in [0.3, 0.4) is 0 Å². The number of benzene rings is 2. The van der Waals surface area contributed by atoms with E-state index in [1.165, 1.54) is 0 Å². The largest absolute Gasteiger partial charge is 0.385 e. The predicted molar refractivity (Wildman–Crippen MR) is 101 cm³/mol. The molecule has 222 valence electrons. The van der Waals surface area contributed by atoms with E-state index in [9.17, 15) is 79.0 Å². The average molecular weight is 614 g/mol. The van der Waals surface area contributed by atoms with Gasteiger partial charge in [-0.3, -0.25) is 0 Å². The first-order valence-electron chi connectivity index (χ1n) is 9.79. The third-order valence-corrected chi connectivity index (χ3v) is 5.31. The molecule has 2 aromatic rings. The summed E-state index contributed by atoms with van der Waals surface area (Å²) in [5.41, 5.74) is -7.43. The molecule has 0 aliphatic heterocycles. The minimum Gasteiger partial charge on any atom is -0.200 e. The van der Waals surface area contributed by atoms with E-state index in [1.807, 2.05) is 0 Å². The van der Waals surface area contributed by atoms with Crippen LogP contribution in [-0.4, -0.2) is 23.7 Å². The summed E-state index contributed by atoms with van der Waals surface area (Å²) in [7, 11) is 0. The van der Waals surface area contributed by atoms with Gasteiger partial charge >= 0.3 is 47.7 Å². The molecule has 0 nitrogen and oxygen atoms in total. The van der Waals surface area contributed by atoms with E-state index >= 15 is 0 Å². The van der Waals surface area contributed by atoms with Crippen LogP contribution in [0.4, 0.5) is 79.0 Å². The molecule has 0 atom stereocenters. The highest BCUT2D eigenvalue weighted by molar-refractivity contribution is 5.60. The Morgan fingerprint density at radius 3 is 0.775 bits per heavy atom. The van der Waals surface area contributed by atoms with Crippen molar-refractivity contribution in [2.24, 2.45) is 0 Å². The zero-order chi connectivity index (χ0) is 31.3. The van der Waals surface area contributed by atoms with Crippen molar-refractivity contribution in [1.29, 1.82) is 0 Å². The fraction of sp³-hybridized carbons (Fsp3) is 0.273. The minimum absolute atomic E-state index is 0.122. The van der Waals surface area contributed by atoms with Crippen molar-refractivity contribution in [3.8, 4) is 0 Å². The van der Waals surface area contributed by atoms with Crippen molar-refractivity contribution in [3.05, 3.63) is 82.9 Å². The number of rotatable bonds is 9. The standard InChI is InChI=1S/C22H8F18/c23-13(15(25)26)9-1-5-11(6-2-9)17(29,30)19(33,34)21(37,38)22(39,40)20(35,36)18(31,32)12-7-3-10(4-8-12)14(24)16(27)28/h1-8H. The Morgan fingerprint density at radius 2 is 0.575 bits per heavy atom. The molecule has 40 heavy (non-hydrogen) atoms. The number of hydrogen-bond donors (Lipinski definition) is 0. The Hall–Kier alpha value is -3.34. The molecule has 0 amide bonds. The van der Waals surface area contributed by atoms with Crippen LogP contribution in [0.5, 0.6) is 0 Å². The van der Waals surface area contributed by atoms with Crippen LogP contribution in [0.15, 0.2) is 60.7 Å². The molecule has 2 aromatic carbocycles. The lowest BCUT2D eigenvalue weighted by Crippen LogP contribution is -2.69. The summed E-state index contributed by atoms with van der Waals surface area (Å²) in [5, 5.41) is 0. The van der Waals surface area contributed by atoms with Crippen LogP contribution in [0.2, 0.25) is 0 Å². The Balaban J connectivity index is 2.57. The van der Waals surface area contributed by atoms with E-state index in [4.69, 9.17) is 0 Å². The van der Waals surface area contributed by atoms with Gasteiger partial charge in [-0.2, -0.15) is 70.2 Å². The van der Waals surface area contributed by atoms with Crippen molar-refractivity contribution >= 4 is 11.7 Å². The zero-order valence-electron chi connectivity index (χ0n) is 18.4. The lowest BCUT2D eigenvalue weighted by atomic mass is 9.87. The molecule has 0 radical (unpaired) electrons. The van der Waals surface area contributed by atoms with E-state index in [-0.39, 0.29) is 24.3 Å². The summed E-state index contributed by atoms with van der Waals surface area (Å²) in [6.07, 6.45) is -6.10. The molecule has 18 heteroatoms. The van der Waals surface area contributed by atoms with Crippen molar-refractivity contribution in [3.63, 3.8) is 0 Å². The fourth-order valence-corrected chi connectivity index (χ4v) is 3.02. The van der Waals surface area contributed by atoms with Gasteiger partial charge in [0.05, 0.1) is 0 Å². The molecule has 0 saturated heterocycles. The van der Waals surface area contributed by atoms with E-state index in [0.29, 0.717) is 0 Å². The van der Waals surface area contributed by atoms with Crippen molar-refractivity contribution in [2.45, 2.75) is 35.5 Å². The second kappa shape index (κ2) is 10.2. The van der Waals surface area contributed by atoms with Gasteiger partial charge in [0.25, 0.3) is 0 Å². The third-order valence-electron chi connectivity index (χ3n) is 5.31. The molecule has 0 heterocycles. The van der Waals surface area contributed by atoms with Gasteiger partial charge in [0.2, 0.25) is 0 Å². The number of hydrogen-bond acceptors (Lipinski definition) is 0. The summed E-state index contributed by atoms with van der Waals surface area (Å²) in [6, 6.07) is -2.20. The van der Waals surface area contributed by atoms with E-state index in [0.717, 1.165) is 0 Å². The summed E-state index contributed by atoms with van der Waals surface area (Å²) in [6.45, 7) is 0. The van der Waals surface area contributed by atoms with Crippen LogP contribution in [0, 0.1) is 0 Å². The van der Waals surface area contributed by atoms with Gasteiger partial charge in [-0.1, -0.05) is 48.5 Å².